The Bertz CT molecular complexity index is 580. The molecular formula is C17H16O2. The molecule has 0 atom stereocenters. The molecule has 2 heteroatoms. The van der Waals surface area contributed by atoms with Gasteiger partial charge in [0.1, 0.15) is 0 Å². The summed E-state index contributed by atoms with van der Waals surface area (Å²) in [5.74, 6) is -0.312. The SMILES string of the molecule is C/C=C(\c1ccccc1)c1ccc(C(=O)OC)cc1. The highest BCUT2D eigenvalue weighted by Crippen LogP contribution is 2.23. The predicted molar refractivity (Wildman–Crippen MR) is 77.0 cm³/mol. The minimum Gasteiger partial charge on any atom is -0.465 e. The number of allylic oxidation sites excluding steroid dienone is 1. The number of ether oxygens (including phenoxy) is 1. The van der Waals surface area contributed by atoms with Crippen molar-refractivity contribution in [3.8, 4) is 0 Å². The van der Waals surface area contributed by atoms with E-state index in [-0.39, 0.29) is 5.97 Å². The van der Waals surface area contributed by atoms with E-state index in [2.05, 4.69) is 18.2 Å². The zero-order valence-corrected chi connectivity index (χ0v) is 11.1. The molecule has 0 aliphatic carbocycles. The maximum atomic E-state index is 11.4. The third-order valence-corrected chi connectivity index (χ3v) is 2.99. The van der Waals surface area contributed by atoms with Crippen LogP contribution in [-0.4, -0.2) is 13.1 Å². The molecule has 0 bridgehead atoms. The van der Waals surface area contributed by atoms with Crippen LogP contribution in [0.4, 0.5) is 0 Å². The summed E-state index contributed by atoms with van der Waals surface area (Å²) in [5.41, 5.74) is 3.96. The molecule has 0 N–H and O–H groups in total. The van der Waals surface area contributed by atoms with Crippen molar-refractivity contribution in [2.24, 2.45) is 0 Å². The monoisotopic (exact) mass is 252 g/mol. The fraction of sp³-hybridized carbons (Fsp3) is 0.118. The number of hydrogen-bond acceptors (Lipinski definition) is 2. The lowest BCUT2D eigenvalue weighted by molar-refractivity contribution is 0.0601. The lowest BCUT2D eigenvalue weighted by Gasteiger charge is -2.08. The highest BCUT2D eigenvalue weighted by atomic mass is 16.5. The zero-order chi connectivity index (χ0) is 13.7. The molecular weight excluding hydrogens is 236 g/mol. The van der Waals surface area contributed by atoms with Crippen LogP contribution in [0.1, 0.15) is 28.4 Å². The normalized spacial score (nSPS) is 11.2. The number of rotatable bonds is 3. The summed E-state index contributed by atoms with van der Waals surface area (Å²) in [4.78, 5) is 11.4. The molecule has 96 valence electrons. The van der Waals surface area contributed by atoms with Gasteiger partial charge in [0.15, 0.2) is 0 Å². The van der Waals surface area contributed by atoms with Crippen LogP contribution in [0.15, 0.2) is 60.7 Å². The molecule has 19 heavy (non-hydrogen) atoms. The molecule has 0 spiro atoms. The van der Waals surface area contributed by atoms with Crippen LogP contribution in [0.5, 0.6) is 0 Å². The van der Waals surface area contributed by atoms with Crippen molar-refractivity contribution in [2.45, 2.75) is 6.92 Å². The Kier molecular flexibility index (Phi) is 4.14. The Hall–Kier alpha value is -2.35. The average Bonchev–Trinajstić information content (AvgIpc) is 2.49. The van der Waals surface area contributed by atoms with E-state index in [1.807, 2.05) is 37.3 Å². The van der Waals surface area contributed by atoms with Gasteiger partial charge in [-0.25, -0.2) is 4.79 Å². The first-order chi connectivity index (χ1) is 9.26. The standard InChI is InChI=1S/C17H16O2/c1-3-16(13-7-5-4-6-8-13)14-9-11-15(12-10-14)17(18)19-2/h3-12H,1-2H3/b16-3+. The van der Waals surface area contributed by atoms with Gasteiger partial charge in [-0.15, -0.1) is 0 Å². The van der Waals surface area contributed by atoms with Crippen molar-refractivity contribution >= 4 is 11.5 Å². The van der Waals surface area contributed by atoms with Crippen LogP contribution < -0.4 is 0 Å². The van der Waals surface area contributed by atoms with E-state index in [0.717, 1.165) is 16.7 Å². The summed E-state index contributed by atoms with van der Waals surface area (Å²) in [6, 6.07) is 17.6. The van der Waals surface area contributed by atoms with Crippen LogP contribution >= 0.6 is 0 Å². The molecule has 0 heterocycles. The van der Waals surface area contributed by atoms with Crippen molar-refractivity contribution < 1.29 is 9.53 Å². The van der Waals surface area contributed by atoms with Gasteiger partial charge in [-0.05, 0) is 35.8 Å². The number of carbonyl (C=O) groups excluding carboxylic acids is 1. The van der Waals surface area contributed by atoms with Gasteiger partial charge in [0.05, 0.1) is 12.7 Å². The average molecular weight is 252 g/mol. The van der Waals surface area contributed by atoms with E-state index >= 15 is 0 Å². The van der Waals surface area contributed by atoms with E-state index in [4.69, 9.17) is 4.74 Å². The van der Waals surface area contributed by atoms with Crippen LogP contribution in [0.3, 0.4) is 0 Å². The predicted octanol–water partition coefficient (Wildman–Crippen LogP) is 3.92. The van der Waals surface area contributed by atoms with Gasteiger partial charge in [-0.2, -0.15) is 0 Å². The second kappa shape index (κ2) is 6.01. The number of methoxy groups -OCH3 is 1. The van der Waals surface area contributed by atoms with E-state index in [1.165, 1.54) is 7.11 Å². The van der Waals surface area contributed by atoms with E-state index in [0.29, 0.717) is 5.56 Å². The highest BCUT2D eigenvalue weighted by molar-refractivity contribution is 5.90. The molecule has 0 amide bonds. The molecule has 2 rings (SSSR count). The Balaban J connectivity index is 2.33. The van der Waals surface area contributed by atoms with Gasteiger partial charge in [-0.3, -0.25) is 0 Å². The number of carbonyl (C=O) groups is 1. The lowest BCUT2D eigenvalue weighted by atomic mass is 9.97. The smallest absolute Gasteiger partial charge is 0.337 e. The molecule has 2 nitrogen and oxygen atoms in total. The van der Waals surface area contributed by atoms with Gasteiger partial charge >= 0.3 is 5.97 Å². The summed E-state index contributed by atoms with van der Waals surface area (Å²) in [5, 5.41) is 0. The molecule has 0 saturated carbocycles. The van der Waals surface area contributed by atoms with Crippen LogP contribution in [0.2, 0.25) is 0 Å². The summed E-state index contributed by atoms with van der Waals surface area (Å²) in [6.07, 6.45) is 2.07. The zero-order valence-electron chi connectivity index (χ0n) is 11.1. The molecule has 2 aromatic rings. The second-order valence-electron chi connectivity index (χ2n) is 4.14. The van der Waals surface area contributed by atoms with Crippen LogP contribution in [0.25, 0.3) is 5.57 Å². The molecule has 0 aliphatic rings. The summed E-state index contributed by atoms with van der Waals surface area (Å²) < 4.78 is 4.69. The first kappa shape index (κ1) is 13.1. The quantitative estimate of drug-likeness (QED) is 0.774. The molecule has 0 unspecified atom stereocenters. The lowest BCUT2D eigenvalue weighted by Crippen LogP contribution is -2.00. The van der Waals surface area contributed by atoms with Crippen molar-refractivity contribution in [1.82, 2.24) is 0 Å². The summed E-state index contributed by atoms with van der Waals surface area (Å²) in [6.45, 7) is 2.01. The van der Waals surface area contributed by atoms with E-state index < -0.39 is 0 Å². The van der Waals surface area contributed by atoms with Crippen LogP contribution in [0, 0.1) is 0 Å². The Morgan fingerprint density at radius 3 is 1.95 bits per heavy atom. The molecule has 2 aromatic carbocycles. The van der Waals surface area contributed by atoms with Gasteiger partial charge in [0.2, 0.25) is 0 Å². The summed E-state index contributed by atoms with van der Waals surface area (Å²) >= 11 is 0. The topological polar surface area (TPSA) is 26.3 Å². The van der Waals surface area contributed by atoms with Gasteiger partial charge in [0.25, 0.3) is 0 Å². The van der Waals surface area contributed by atoms with Crippen molar-refractivity contribution in [2.75, 3.05) is 7.11 Å². The fourth-order valence-electron chi connectivity index (χ4n) is 2.02. The van der Waals surface area contributed by atoms with Crippen molar-refractivity contribution in [3.05, 3.63) is 77.4 Å². The van der Waals surface area contributed by atoms with Crippen molar-refractivity contribution in [3.63, 3.8) is 0 Å². The van der Waals surface area contributed by atoms with Gasteiger partial charge in [-0.1, -0.05) is 48.5 Å². The molecule has 0 radical (unpaired) electrons. The van der Waals surface area contributed by atoms with Crippen LogP contribution in [-0.2, 0) is 4.74 Å². The van der Waals surface area contributed by atoms with Crippen molar-refractivity contribution in [1.29, 1.82) is 0 Å². The third kappa shape index (κ3) is 2.91. The van der Waals surface area contributed by atoms with Gasteiger partial charge in [0, 0.05) is 0 Å². The maximum absolute atomic E-state index is 11.4. The molecule has 0 aromatic heterocycles. The third-order valence-electron chi connectivity index (χ3n) is 2.99. The first-order valence-corrected chi connectivity index (χ1v) is 6.16. The van der Waals surface area contributed by atoms with E-state index in [1.54, 1.807) is 12.1 Å². The highest BCUT2D eigenvalue weighted by Gasteiger charge is 2.07. The molecule has 0 saturated heterocycles. The number of benzene rings is 2. The molecule has 0 aliphatic heterocycles. The Morgan fingerprint density at radius 1 is 0.895 bits per heavy atom. The minimum atomic E-state index is -0.312. The number of hydrogen-bond donors (Lipinski definition) is 0. The first-order valence-electron chi connectivity index (χ1n) is 6.16. The Labute approximate surface area is 113 Å². The Morgan fingerprint density at radius 2 is 1.42 bits per heavy atom. The molecule has 0 fully saturated rings. The van der Waals surface area contributed by atoms with Gasteiger partial charge < -0.3 is 4.74 Å². The fourth-order valence-corrected chi connectivity index (χ4v) is 2.02. The minimum absolute atomic E-state index is 0.312. The second-order valence-corrected chi connectivity index (χ2v) is 4.14. The van der Waals surface area contributed by atoms with E-state index in [9.17, 15) is 4.79 Å². The largest absolute Gasteiger partial charge is 0.465 e. The number of esters is 1. The maximum Gasteiger partial charge on any atom is 0.337 e. The summed E-state index contributed by atoms with van der Waals surface area (Å²) in [7, 11) is 1.39.